The molecule has 1 aliphatic heterocycles. The number of amidine groups is 1. The van der Waals surface area contributed by atoms with Gasteiger partial charge in [0, 0.05) is 33.0 Å². The lowest BCUT2D eigenvalue weighted by atomic mass is 9.96. The Balaban J connectivity index is 1.18. The average molecular weight is 711 g/mol. The molecule has 0 spiro atoms. The molecule has 10 rings (SSSR count). The van der Waals surface area contributed by atoms with Crippen molar-refractivity contribution in [1.29, 1.82) is 0 Å². The van der Waals surface area contributed by atoms with Crippen LogP contribution in [0.1, 0.15) is 29.0 Å². The Bertz CT molecular complexity index is 2760. The van der Waals surface area contributed by atoms with Crippen molar-refractivity contribution in [2.45, 2.75) is 12.3 Å². The predicted molar refractivity (Wildman–Crippen MR) is 220 cm³/mol. The van der Waals surface area contributed by atoms with Gasteiger partial charge in [-0.15, -0.1) is 0 Å². The first kappa shape index (κ1) is 32.4. The SMILES string of the molecule is c1ccc(C2=NC(c3cc(-c4ccc5oc6ccccc6c5c4)cc(-c4nc(-c5ccccc5)nc(-c5ccccc5)n4)c3)NC(c3ccccc3)N2)cc1. The molecule has 2 unspecified atom stereocenters. The van der Waals surface area contributed by atoms with E-state index in [0.29, 0.717) is 17.5 Å². The average Bonchev–Trinajstić information content (AvgIpc) is 3.65. The molecule has 0 amide bonds. The minimum Gasteiger partial charge on any atom is -0.456 e. The van der Waals surface area contributed by atoms with E-state index in [4.69, 9.17) is 24.4 Å². The van der Waals surface area contributed by atoms with Gasteiger partial charge in [-0.3, -0.25) is 5.32 Å². The van der Waals surface area contributed by atoms with Crippen LogP contribution in [0.4, 0.5) is 0 Å². The molecule has 262 valence electrons. The van der Waals surface area contributed by atoms with E-state index in [0.717, 1.165) is 72.3 Å². The molecular formula is C48H34N6O. The van der Waals surface area contributed by atoms with Gasteiger partial charge < -0.3 is 9.73 Å². The van der Waals surface area contributed by atoms with Crippen molar-refractivity contribution in [3.63, 3.8) is 0 Å². The molecule has 0 aliphatic carbocycles. The highest BCUT2D eigenvalue weighted by atomic mass is 16.3. The van der Waals surface area contributed by atoms with Crippen LogP contribution >= 0.6 is 0 Å². The molecular weight excluding hydrogens is 677 g/mol. The molecule has 9 aromatic rings. The van der Waals surface area contributed by atoms with Gasteiger partial charge in [0.05, 0.1) is 0 Å². The lowest BCUT2D eigenvalue weighted by Gasteiger charge is -2.32. The first-order valence-corrected chi connectivity index (χ1v) is 18.4. The maximum Gasteiger partial charge on any atom is 0.164 e. The van der Waals surface area contributed by atoms with Gasteiger partial charge in [-0.1, -0.05) is 146 Å². The summed E-state index contributed by atoms with van der Waals surface area (Å²) in [6.45, 7) is 0. The lowest BCUT2D eigenvalue weighted by Crippen LogP contribution is -2.44. The highest BCUT2D eigenvalue weighted by Crippen LogP contribution is 2.37. The van der Waals surface area contributed by atoms with Gasteiger partial charge in [0.2, 0.25) is 0 Å². The van der Waals surface area contributed by atoms with Crippen molar-refractivity contribution in [2.24, 2.45) is 4.99 Å². The molecule has 0 radical (unpaired) electrons. The summed E-state index contributed by atoms with van der Waals surface area (Å²) in [6.07, 6.45) is -0.589. The van der Waals surface area contributed by atoms with Crippen LogP contribution in [0.2, 0.25) is 0 Å². The number of nitrogens with zero attached hydrogens (tertiary/aromatic N) is 4. The third-order valence-corrected chi connectivity index (χ3v) is 9.98. The second-order valence-corrected chi connectivity index (χ2v) is 13.6. The molecule has 3 heterocycles. The molecule has 2 N–H and O–H groups in total. The molecule has 2 aromatic heterocycles. The van der Waals surface area contributed by atoms with Gasteiger partial charge in [-0.25, -0.2) is 19.9 Å². The van der Waals surface area contributed by atoms with Crippen molar-refractivity contribution in [3.8, 4) is 45.3 Å². The van der Waals surface area contributed by atoms with E-state index in [1.807, 2.05) is 103 Å². The number of nitrogens with one attached hydrogen (secondary N) is 2. The summed E-state index contributed by atoms with van der Waals surface area (Å²) >= 11 is 0. The zero-order chi connectivity index (χ0) is 36.6. The fourth-order valence-electron chi connectivity index (χ4n) is 7.24. The topological polar surface area (TPSA) is 88.2 Å². The summed E-state index contributed by atoms with van der Waals surface area (Å²) < 4.78 is 6.21. The molecule has 7 nitrogen and oxygen atoms in total. The van der Waals surface area contributed by atoms with E-state index in [9.17, 15) is 0 Å². The summed E-state index contributed by atoms with van der Waals surface area (Å²) in [5, 5.41) is 9.60. The monoisotopic (exact) mass is 710 g/mol. The zero-order valence-corrected chi connectivity index (χ0v) is 29.7. The zero-order valence-electron chi connectivity index (χ0n) is 29.7. The number of hydrogen-bond donors (Lipinski definition) is 2. The van der Waals surface area contributed by atoms with E-state index < -0.39 is 6.17 Å². The summed E-state index contributed by atoms with van der Waals surface area (Å²) in [7, 11) is 0. The number of aliphatic imine (C=N–C) groups is 1. The molecule has 1 aliphatic rings. The fourth-order valence-corrected chi connectivity index (χ4v) is 7.24. The van der Waals surface area contributed by atoms with Crippen LogP contribution in [0.5, 0.6) is 0 Å². The van der Waals surface area contributed by atoms with E-state index >= 15 is 0 Å². The number of aromatic nitrogens is 3. The molecule has 0 saturated carbocycles. The smallest absolute Gasteiger partial charge is 0.164 e. The van der Waals surface area contributed by atoms with Gasteiger partial charge in [0.25, 0.3) is 0 Å². The quantitative estimate of drug-likeness (QED) is 0.171. The Hall–Kier alpha value is -7.22. The van der Waals surface area contributed by atoms with Gasteiger partial charge in [-0.2, -0.15) is 0 Å². The summed E-state index contributed by atoms with van der Waals surface area (Å²) in [5.41, 5.74) is 9.56. The summed E-state index contributed by atoms with van der Waals surface area (Å²) in [5.74, 6) is 2.60. The summed E-state index contributed by atoms with van der Waals surface area (Å²) in [4.78, 5) is 20.5. The first-order valence-electron chi connectivity index (χ1n) is 18.4. The molecule has 7 aromatic carbocycles. The Kier molecular flexibility index (Phi) is 8.24. The fraction of sp³-hybridized carbons (Fsp3) is 0.0417. The number of benzene rings is 7. The van der Waals surface area contributed by atoms with E-state index in [1.54, 1.807) is 0 Å². The van der Waals surface area contributed by atoms with Crippen LogP contribution in [0.15, 0.2) is 191 Å². The van der Waals surface area contributed by atoms with E-state index in [-0.39, 0.29) is 6.17 Å². The number of para-hydroxylation sites is 1. The Labute approximate surface area is 318 Å². The lowest BCUT2D eigenvalue weighted by molar-refractivity contribution is 0.409. The van der Waals surface area contributed by atoms with Crippen LogP contribution in [0.25, 0.3) is 67.2 Å². The van der Waals surface area contributed by atoms with E-state index in [2.05, 4.69) is 89.5 Å². The number of fused-ring (bicyclic) bond motifs is 3. The third kappa shape index (κ3) is 6.43. The third-order valence-electron chi connectivity index (χ3n) is 9.98. The van der Waals surface area contributed by atoms with Gasteiger partial charge in [0.15, 0.2) is 17.5 Å². The van der Waals surface area contributed by atoms with Crippen LogP contribution in [-0.2, 0) is 0 Å². The van der Waals surface area contributed by atoms with Crippen LogP contribution in [0.3, 0.4) is 0 Å². The highest BCUT2D eigenvalue weighted by molar-refractivity contribution is 6.06. The standard InChI is InChI=1S/C48H34N6O/c1-5-15-31(16-6-1)43-49-44(32-17-7-2-8-18-32)52-47(51-43)37-27-36(35-25-26-42-40(30-35)39-23-13-14-24-41(39)55-42)28-38(29-37)48-53-45(33-19-9-3-10-20-33)50-46(54-48)34-21-11-4-12-22-34/h1-30,43,47,51H,(H,49,52). The van der Waals surface area contributed by atoms with Crippen molar-refractivity contribution in [2.75, 3.05) is 0 Å². The number of rotatable bonds is 7. The molecule has 2 atom stereocenters. The van der Waals surface area contributed by atoms with Crippen LogP contribution in [-0.4, -0.2) is 20.8 Å². The minimum atomic E-state index is -0.400. The molecule has 0 saturated heterocycles. The number of hydrogen-bond acceptors (Lipinski definition) is 7. The predicted octanol–water partition coefficient (Wildman–Crippen LogP) is 10.8. The second kappa shape index (κ2) is 14.0. The highest BCUT2D eigenvalue weighted by Gasteiger charge is 2.27. The Morgan fingerprint density at radius 2 is 0.945 bits per heavy atom. The van der Waals surface area contributed by atoms with E-state index in [1.165, 1.54) is 0 Å². The van der Waals surface area contributed by atoms with Crippen LogP contribution in [0, 0.1) is 0 Å². The van der Waals surface area contributed by atoms with Crippen molar-refractivity contribution >= 4 is 27.8 Å². The van der Waals surface area contributed by atoms with Gasteiger partial charge in [0.1, 0.15) is 29.3 Å². The van der Waals surface area contributed by atoms with Crippen molar-refractivity contribution < 1.29 is 4.42 Å². The van der Waals surface area contributed by atoms with Crippen molar-refractivity contribution in [3.05, 3.63) is 199 Å². The molecule has 0 fully saturated rings. The largest absolute Gasteiger partial charge is 0.456 e. The second-order valence-electron chi connectivity index (χ2n) is 13.6. The maximum atomic E-state index is 6.21. The van der Waals surface area contributed by atoms with Crippen molar-refractivity contribution in [1.82, 2.24) is 25.6 Å². The summed E-state index contributed by atoms with van der Waals surface area (Å²) in [6, 6.07) is 61.9. The first-order chi connectivity index (χ1) is 27.2. The van der Waals surface area contributed by atoms with Crippen LogP contribution < -0.4 is 10.6 Å². The minimum absolute atomic E-state index is 0.189. The molecule has 7 heteroatoms. The maximum absolute atomic E-state index is 6.21. The normalized spacial score (nSPS) is 15.5. The molecule has 0 bridgehead atoms. The number of furan rings is 1. The Morgan fingerprint density at radius 3 is 1.62 bits per heavy atom. The molecule has 55 heavy (non-hydrogen) atoms. The van der Waals surface area contributed by atoms with Gasteiger partial charge in [-0.05, 0) is 58.7 Å². The Morgan fingerprint density at radius 1 is 0.400 bits per heavy atom. The van der Waals surface area contributed by atoms with Gasteiger partial charge >= 0.3 is 0 Å².